The average molecular weight is 450 g/mol. The molecule has 1 aliphatic heterocycles. The van der Waals surface area contributed by atoms with E-state index in [4.69, 9.17) is 0 Å². The van der Waals surface area contributed by atoms with Crippen molar-refractivity contribution in [1.29, 1.82) is 0 Å². The first-order valence-electron chi connectivity index (χ1n) is 8.20. The number of piperazine rings is 1. The minimum absolute atomic E-state index is 0. The zero-order valence-electron chi connectivity index (χ0n) is 13.6. The van der Waals surface area contributed by atoms with Gasteiger partial charge in [0, 0.05) is 45.7 Å². The molecule has 1 aromatic heterocycles. The van der Waals surface area contributed by atoms with Gasteiger partial charge in [0.05, 0.1) is 11.1 Å². The van der Waals surface area contributed by atoms with E-state index in [0.29, 0.717) is 5.92 Å². The molecule has 3 rings (SSSR count). The van der Waals surface area contributed by atoms with Crippen molar-refractivity contribution in [2.24, 2.45) is 10.9 Å². The Morgan fingerprint density at radius 2 is 2.13 bits per heavy atom. The third-order valence-corrected chi connectivity index (χ3v) is 5.68. The van der Waals surface area contributed by atoms with E-state index in [1.54, 1.807) is 11.3 Å². The van der Waals surface area contributed by atoms with Crippen LogP contribution in [0.3, 0.4) is 0 Å². The summed E-state index contributed by atoms with van der Waals surface area (Å²) in [6.07, 6.45) is 3.08. The van der Waals surface area contributed by atoms with E-state index in [-0.39, 0.29) is 30.1 Å². The van der Waals surface area contributed by atoms with Gasteiger partial charge in [0.15, 0.2) is 5.96 Å². The van der Waals surface area contributed by atoms with E-state index < -0.39 is 0 Å². The Hall–Kier alpha value is -0.540. The molecule has 7 heteroatoms. The van der Waals surface area contributed by atoms with Crippen LogP contribution < -0.4 is 10.2 Å². The van der Waals surface area contributed by atoms with Crippen LogP contribution in [0.4, 0.5) is 5.00 Å². The van der Waals surface area contributed by atoms with Gasteiger partial charge in [-0.1, -0.05) is 6.42 Å². The van der Waals surface area contributed by atoms with Gasteiger partial charge in [-0.15, -0.1) is 35.3 Å². The maximum Gasteiger partial charge on any atom is 0.193 e. The summed E-state index contributed by atoms with van der Waals surface area (Å²) in [5, 5.41) is 16.9. The monoisotopic (exact) mass is 450 g/mol. The normalized spacial score (nSPS) is 25.4. The Kier molecular flexibility index (Phi) is 7.42. The van der Waals surface area contributed by atoms with Gasteiger partial charge in [0.1, 0.15) is 0 Å². The first kappa shape index (κ1) is 18.8. The lowest BCUT2D eigenvalue weighted by Gasteiger charge is -2.37. The Balaban J connectivity index is 0.00000192. The number of rotatable bonds is 3. The molecule has 2 N–H and O–H groups in total. The number of guanidine groups is 1. The molecule has 2 aliphatic rings. The Labute approximate surface area is 159 Å². The SMILES string of the molecule is CN=C(NCC1CCCC1O)N1CCN(c2cccs2)CC1.I. The average Bonchev–Trinajstić information content (AvgIpc) is 3.21. The molecule has 0 bridgehead atoms. The number of nitrogens with zero attached hydrogens (tertiary/aromatic N) is 3. The third-order valence-electron chi connectivity index (χ3n) is 4.75. The van der Waals surface area contributed by atoms with E-state index in [1.165, 1.54) is 5.00 Å². The zero-order chi connectivity index (χ0) is 15.4. The van der Waals surface area contributed by atoms with Crippen LogP contribution in [0, 0.1) is 5.92 Å². The largest absolute Gasteiger partial charge is 0.393 e. The van der Waals surface area contributed by atoms with Crippen molar-refractivity contribution in [3.8, 4) is 0 Å². The lowest BCUT2D eigenvalue weighted by molar-refractivity contribution is 0.133. The molecule has 2 heterocycles. The standard InChI is InChI=1S/C16H26N4OS.HI/c1-17-16(18-12-13-4-2-5-14(13)21)20-9-7-19(8-10-20)15-6-3-11-22-15;/h3,6,11,13-14,21H,2,4-5,7-10,12H2,1H3,(H,17,18);1H. The predicted molar refractivity (Wildman–Crippen MR) is 108 cm³/mol. The van der Waals surface area contributed by atoms with Gasteiger partial charge >= 0.3 is 0 Å². The number of anilines is 1. The molecular weight excluding hydrogens is 423 g/mol. The number of aliphatic hydroxyl groups excluding tert-OH is 1. The molecule has 5 nitrogen and oxygen atoms in total. The first-order valence-corrected chi connectivity index (χ1v) is 9.08. The van der Waals surface area contributed by atoms with E-state index >= 15 is 0 Å². The molecule has 1 aliphatic carbocycles. The molecule has 0 radical (unpaired) electrons. The highest BCUT2D eigenvalue weighted by molar-refractivity contribution is 14.0. The second-order valence-electron chi connectivity index (χ2n) is 6.11. The lowest BCUT2D eigenvalue weighted by atomic mass is 10.1. The fraction of sp³-hybridized carbons (Fsp3) is 0.688. The second kappa shape index (κ2) is 9.08. The molecule has 1 aromatic rings. The Morgan fingerprint density at radius 3 is 2.70 bits per heavy atom. The second-order valence-corrected chi connectivity index (χ2v) is 7.04. The molecule has 2 atom stereocenters. The van der Waals surface area contributed by atoms with Gasteiger partial charge in [0.25, 0.3) is 0 Å². The van der Waals surface area contributed by atoms with Gasteiger partial charge in [-0.3, -0.25) is 4.99 Å². The van der Waals surface area contributed by atoms with Crippen molar-refractivity contribution in [2.45, 2.75) is 25.4 Å². The summed E-state index contributed by atoms with van der Waals surface area (Å²) < 4.78 is 0. The van der Waals surface area contributed by atoms with Crippen molar-refractivity contribution >= 4 is 46.3 Å². The maximum atomic E-state index is 9.93. The van der Waals surface area contributed by atoms with E-state index in [0.717, 1.165) is 57.9 Å². The number of nitrogens with one attached hydrogen (secondary N) is 1. The molecule has 2 unspecified atom stereocenters. The van der Waals surface area contributed by atoms with Crippen LogP contribution in [0.2, 0.25) is 0 Å². The highest BCUT2D eigenvalue weighted by Crippen LogP contribution is 2.25. The molecular formula is C16H27IN4OS. The summed E-state index contributed by atoms with van der Waals surface area (Å²) in [4.78, 5) is 9.18. The van der Waals surface area contributed by atoms with Gasteiger partial charge in [0.2, 0.25) is 0 Å². The van der Waals surface area contributed by atoms with E-state index in [1.807, 2.05) is 7.05 Å². The smallest absolute Gasteiger partial charge is 0.193 e. The van der Waals surface area contributed by atoms with Gasteiger partial charge in [-0.25, -0.2) is 0 Å². The van der Waals surface area contributed by atoms with E-state index in [9.17, 15) is 5.11 Å². The van der Waals surface area contributed by atoms with Crippen LogP contribution in [-0.4, -0.2) is 61.8 Å². The van der Waals surface area contributed by atoms with Crippen molar-refractivity contribution < 1.29 is 5.11 Å². The van der Waals surface area contributed by atoms with Crippen LogP contribution in [0.1, 0.15) is 19.3 Å². The van der Waals surface area contributed by atoms with Gasteiger partial charge in [-0.05, 0) is 30.4 Å². The van der Waals surface area contributed by atoms with Crippen molar-refractivity contribution in [3.05, 3.63) is 17.5 Å². The molecule has 130 valence electrons. The maximum absolute atomic E-state index is 9.93. The van der Waals surface area contributed by atoms with Crippen LogP contribution >= 0.6 is 35.3 Å². The summed E-state index contributed by atoms with van der Waals surface area (Å²) in [6, 6.07) is 4.30. The highest BCUT2D eigenvalue weighted by atomic mass is 127. The quantitative estimate of drug-likeness (QED) is 0.422. The van der Waals surface area contributed by atoms with Crippen molar-refractivity contribution in [1.82, 2.24) is 10.2 Å². The summed E-state index contributed by atoms with van der Waals surface area (Å²) >= 11 is 1.81. The number of hydrogen-bond donors (Lipinski definition) is 2. The minimum atomic E-state index is -0.138. The van der Waals surface area contributed by atoms with Crippen LogP contribution in [0.5, 0.6) is 0 Å². The van der Waals surface area contributed by atoms with Gasteiger partial charge < -0.3 is 20.2 Å². The molecule has 0 spiro atoms. The predicted octanol–water partition coefficient (Wildman–Crippen LogP) is 2.22. The Morgan fingerprint density at radius 1 is 1.35 bits per heavy atom. The van der Waals surface area contributed by atoms with Crippen LogP contribution in [0.15, 0.2) is 22.5 Å². The minimum Gasteiger partial charge on any atom is -0.393 e. The van der Waals surface area contributed by atoms with Crippen LogP contribution in [0.25, 0.3) is 0 Å². The number of hydrogen-bond acceptors (Lipinski definition) is 4. The molecule has 0 amide bonds. The summed E-state index contributed by atoms with van der Waals surface area (Å²) in [6.45, 7) is 4.88. The number of thiophene rings is 1. The third kappa shape index (κ3) is 4.73. The van der Waals surface area contributed by atoms with Crippen LogP contribution in [-0.2, 0) is 0 Å². The molecule has 23 heavy (non-hydrogen) atoms. The van der Waals surface area contributed by atoms with Gasteiger partial charge in [-0.2, -0.15) is 0 Å². The fourth-order valence-electron chi connectivity index (χ4n) is 3.40. The van der Waals surface area contributed by atoms with E-state index in [2.05, 4.69) is 37.6 Å². The summed E-state index contributed by atoms with van der Waals surface area (Å²) in [7, 11) is 1.85. The Bertz CT molecular complexity index is 488. The first-order chi connectivity index (χ1) is 10.8. The molecule has 0 aromatic carbocycles. The highest BCUT2D eigenvalue weighted by Gasteiger charge is 2.26. The molecule has 1 saturated heterocycles. The fourth-order valence-corrected chi connectivity index (χ4v) is 4.18. The van der Waals surface area contributed by atoms with Crippen molar-refractivity contribution in [3.63, 3.8) is 0 Å². The lowest BCUT2D eigenvalue weighted by Crippen LogP contribution is -2.53. The molecule has 2 fully saturated rings. The topological polar surface area (TPSA) is 51.1 Å². The summed E-state index contributed by atoms with van der Waals surface area (Å²) in [5.74, 6) is 1.36. The van der Waals surface area contributed by atoms with Crippen molar-refractivity contribution in [2.75, 3.05) is 44.7 Å². The number of halogens is 1. The summed E-state index contributed by atoms with van der Waals surface area (Å²) in [5.41, 5.74) is 0. The molecule has 1 saturated carbocycles. The zero-order valence-corrected chi connectivity index (χ0v) is 16.8. The number of aliphatic imine (C=N–C) groups is 1. The number of aliphatic hydroxyl groups is 1.